The number of nitrogens with one attached hydrogen (secondary N) is 2. The highest BCUT2D eigenvalue weighted by atomic mass is 16.3. The average Bonchev–Trinajstić information content (AvgIpc) is 3.38. The van der Waals surface area contributed by atoms with Crippen LogP contribution in [-0.4, -0.2) is 40.3 Å². The monoisotopic (exact) mass is 447 g/mol. The number of phenols is 1. The molecule has 33 heavy (non-hydrogen) atoms. The van der Waals surface area contributed by atoms with Gasteiger partial charge >= 0.3 is 0 Å². The van der Waals surface area contributed by atoms with Gasteiger partial charge in [0.2, 0.25) is 17.7 Å². The van der Waals surface area contributed by atoms with Gasteiger partial charge in [0.15, 0.2) is 0 Å². The first-order chi connectivity index (χ1) is 15.9. The van der Waals surface area contributed by atoms with E-state index in [1.165, 1.54) is 4.90 Å². The summed E-state index contributed by atoms with van der Waals surface area (Å²) in [6.07, 6.45) is 2.89. The van der Waals surface area contributed by atoms with Crippen LogP contribution in [0.1, 0.15) is 43.4 Å². The number of aryl methyl sites for hydroxylation is 1. The van der Waals surface area contributed by atoms with Crippen LogP contribution >= 0.6 is 0 Å². The molecule has 2 aromatic rings. The van der Waals surface area contributed by atoms with Crippen molar-refractivity contribution in [1.29, 1.82) is 0 Å². The van der Waals surface area contributed by atoms with E-state index < -0.39 is 17.4 Å². The smallest absolute Gasteiger partial charge is 0.250 e. The molecular formula is C26H29N3O4. The predicted molar refractivity (Wildman–Crippen MR) is 123 cm³/mol. The molecule has 172 valence electrons. The van der Waals surface area contributed by atoms with E-state index in [2.05, 4.69) is 10.6 Å². The van der Waals surface area contributed by atoms with E-state index in [0.717, 1.165) is 36.0 Å². The van der Waals surface area contributed by atoms with E-state index in [0.29, 0.717) is 18.7 Å². The van der Waals surface area contributed by atoms with E-state index in [-0.39, 0.29) is 29.5 Å². The second kappa shape index (κ2) is 7.99. The standard InChI is InChI=1S/C26H29N3O4/c1-3-5-12-29-23(31)21-20(14-16-6-9-17(30)10-7-16)28-26(22(21)24(29)32)18-13-15(4-2)8-11-19(18)27-25(26)33/h6-11,13,20-22,28,30H,3-5,12,14H2,1-2H3,(H,27,33). The lowest BCUT2D eigenvalue weighted by Gasteiger charge is -2.30. The van der Waals surface area contributed by atoms with E-state index in [1.807, 2.05) is 44.2 Å². The van der Waals surface area contributed by atoms with Gasteiger partial charge in [-0.15, -0.1) is 0 Å². The maximum atomic E-state index is 13.7. The van der Waals surface area contributed by atoms with Gasteiger partial charge in [-0.3, -0.25) is 24.6 Å². The van der Waals surface area contributed by atoms with Crippen molar-refractivity contribution in [2.45, 2.75) is 51.1 Å². The zero-order valence-electron chi connectivity index (χ0n) is 18.9. The highest BCUT2D eigenvalue weighted by Gasteiger charge is 2.70. The molecule has 0 radical (unpaired) electrons. The minimum absolute atomic E-state index is 0.168. The van der Waals surface area contributed by atoms with Crippen LogP contribution in [0.3, 0.4) is 0 Å². The Hall–Kier alpha value is -3.19. The number of carbonyl (C=O) groups is 3. The number of amides is 3. The van der Waals surface area contributed by atoms with Crippen molar-refractivity contribution in [3.63, 3.8) is 0 Å². The summed E-state index contributed by atoms with van der Waals surface area (Å²) in [5.74, 6) is -1.96. The number of imide groups is 1. The lowest BCUT2D eigenvalue weighted by molar-refractivity contribution is -0.142. The molecule has 0 saturated carbocycles. The van der Waals surface area contributed by atoms with Crippen molar-refractivity contribution in [3.05, 3.63) is 59.2 Å². The van der Waals surface area contributed by atoms with E-state index in [9.17, 15) is 19.5 Å². The van der Waals surface area contributed by atoms with E-state index in [1.54, 1.807) is 12.1 Å². The molecule has 3 aliphatic heterocycles. The summed E-state index contributed by atoms with van der Waals surface area (Å²) in [6, 6.07) is 12.3. The van der Waals surface area contributed by atoms with Gasteiger partial charge in [-0.05, 0) is 48.6 Å². The second-order valence-corrected chi connectivity index (χ2v) is 9.30. The molecule has 0 aliphatic carbocycles. The maximum Gasteiger partial charge on any atom is 0.250 e. The van der Waals surface area contributed by atoms with Crippen molar-refractivity contribution in [2.75, 3.05) is 11.9 Å². The molecule has 3 N–H and O–H groups in total. The van der Waals surface area contributed by atoms with Gasteiger partial charge in [0, 0.05) is 23.8 Å². The zero-order chi connectivity index (χ0) is 23.3. The topological polar surface area (TPSA) is 98.7 Å². The molecule has 1 spiro atoms. The molecule has 7 heteroatoms. The van der Waals surface area contributed by atoms with E-state index >= 15 is 0 Å². The molecule has 2 fully saturated rings. The van der Waals surface area contributed by atoms with Gasteiger partial charge in [-0.1, -0.05) is 44.5 Å². The van der Waals surface area contributed by atoms with Crippen LogP contribution in [0.15, 0.2) is 42.5 Å². The number of hydrogen-bond acceptors (Lipinski definition) is 5. The molecule has 3 aliphatic rings. The Morgan fingerprint density at radius 3 is 2.42 bits per heavy atom. The first-order valence-electron chi connectivity index (χ1n) is 11.8. The largest absolute Gasteiger partial charge is 0.508 e. The van der Waals surface area contributed by atoms with Crippen LogP contribution in [0.4, 0.5) is 5.69 Å². The SMILES string of the molecule is CCCCN1C(=O)C2C(Cc3ccc(O)cc3)NC3(C(=O)Nc4ccc(CC)cc43)C2C1=O. The number of unbranched alkanes of at least 4 members (excludes halogenated alkanes) is 1. The molecule has 7 nitrogen and oxygen atoms in total. The molecule has 4 unspecified atom stereocenters. The summed E-state index contributed by atoms with van der Waals surface area (Å²) in [5, 5.41) is 16.1. The third-order valence-electron chi connectivity index (χ3n) is 7.41. The molecule has 4 atom stereocenters. The summed E-state index contributed by atoms with van der Waals surface area (Å²) in [4.78, 5) is 42.1. The minimum Gasteiger partial charge on any atom is -0.508 e. The van der Waals surface area contributed by atoms with Crippen molar-refractivity contribution in [1.82, 2.24) is 10.2 Å². The number of likely N-dealkylation sites (tertiary alicyclic amines) is 1. The van der Waals surface area contributed by atoms with Crippen LogP contribution in [-0.2, 0) is 32.8 Å². The number of benzene rings is 2. The third-order valence-corrected chi connectivity index (χ3v) is 7.41. The van der Waals surface area contributed by atoms with E-state index in [4.69, 9.17) is 0 Å². The fourth-order valence-corrected chi connectivity index (χ4v) is 5.73. The summed E-state index contributed by atoms with van der Waals surface area (Å²) >= 11 is 0. The fourth-order valence-electron chi connectivity index (χ4n) is 5.73. The summed E-state index contributed by atoms with van der Waals surface area (Å²) in [5.41, 5.74) is 2.19. The maximum absolute atomic E-state index is 13.7. The number of nitrogens with zero attached hydrogens (tertiary/aromatic N) is 1. The Labute approximate surface area is 193 Å². The number of rotatable bonds is 6. The van der Waals surface area contributed by atoms with Crippen LogP contribution < -0.4 is 10.6 Å². The van der Waals surface area contributed by atoms with Crippen molar-refractivity contribution in [3.8, 4) is 5.75 Å². The lowest BCUT2D eigenvalue weighted by Crippen LogP contribution is -2.53. The zero-order valence-corrected chi connectivity index (χ0v) is 18.9. The normalized spacial score (nSPS) is 27.9. The van der Waals surface area contributed by atoms with Crippen molar-refractivity contribution in [2.24, 2.45) is 11.8 Å². The van der Waals surface area contributed by atoms with Gasteiger partial charge in [0.1, 0.15) is 11.3 Å². The lowest BCUT2D eigenvalue weighted by atomic mass is 9.76. The number of aromatic hydroxyl groups is 1. The third kappa shape index (κ3) is 3.17. The first-order valence-corrected chi connectivity index (χ1v) is 11.8. The molecule has 0 aromatic heterocycles. The Morgan fingerprint density at radius 1 is 1.00 bits per heavy atom. The van der Waals surface area contributed by atoms with Crippen molar-refractivity contribution < 1.29 is 19.5 Å². The number of fused-ring (bicyclic) bond motifs is 4. The predicted octanol–water partition coefficient (Wildman–Crippen LogP) is 2.72. The van der Waals surface area contributed by atoms with Gasteiger partial charge in [0.05, 0.1) is 11.8 Å². The van der Waals surface area contributed by atoms with Crippen molar-refractivity contribution >= 4 is 23.4 Å². The summed E-state index contributed by atoms with van der Waals surface area (Å²) < 4.78 is 0. The highest BCUT2D eigenvalue weighted by Crippen LogP contribution is 2.53. The minimum atomic E-state index is -1.26. The average molecular weight is 448 g/mol. The molecule has 0 bridgehead atoms. The van der Waals surface area contributed by atoms with Crippen LogP contribution in [0.2, 0.25) is 0 Å². The van der Waals surface area contributed by atoms with Gasteiger partial charge < -0.3 is 10.4 Å². The van der Waals surface area contributed by atoms with Crippen LogP contribution in [0.25, 0.3) is 0 Å². The molecular weight excluding hydrogens is 418 g/mol. The Morgan fingerprint density at radius 2 is 1.73 bits per heavy atom. The Bertz CT molecular complexity index is 1130. The Kier molecular flexibility index (Phi) is 5.24. The Balaban J connectivity index is 1.61. The highest BCUT2D eigenvalue weighted by molar-refractivity contribution is 6.15. The van der Waals surface area contributed by atoms with Gasteiger partial charge in [-0.2, -0.15) is 0 Å². The quantitative estimate of drug-likeness (QED) is 0.592. The molecule has 3 heterocycles. The van der Waals surface area contributed by atoms with Crippen LogP contribution in [0, 0.1) is 11.8 Å². The molecule has 3 amide bonds. The molecule has 2 saturated heterocycles. The number of phenolic OH excluding ortho intramolecular Hbond substituents is 1. The van der Waals surface area contributed by atoms with Crippen LogP contribution in [0.5, 0.6) is 5.75 Å². The fraction of sp³-hybridized carbons (Fsp3) is 0.423. The summed E-state index contributed by atoms with van der Waals surface area (Å²) in [7, 11) is 0. The van der Waals surface area contributed by atoms with Gasteiger partial charge in [-0.25, -0.2) is 0 Å². The molecule has 5 rings (SSSR count). The number of carbonyl (C=O) groups excluding carboxylic acids is 3. The molecule has 2 aromatic carbocycles. The summed E-state index contributed by atoms with van der Waals surface area (Å²) in [6.45, 7) is 4.45. The number of hydrogen-bond donors (Lipinski definition) is 3. The first kappa shape index (κ1) is 21.6. The second-order valence-electron chi connectivity index (χ2n) is 9.30. The van der Waals surface area contributed by atoms with Gasteiger partial charge in [0.25, 0.3) is 0 Å². The number of anilines is 1.